The zero-order valence-electron chi connectivity index (χ0n) is 10.4. The van der Waals surface area contributed by atoms with Crippen molar-refractivity contribution < 1.29 is 14.5 Å². The molecule has 6 nitrogen and oxygen atoms in total. The number of carbonyl (C=O) groups is 1. The van der Waals surface area contributed by atoms with Gasteiger partial charge in [-0.3, -0.25) is 10.1 Å². The topological polar surface area (TPSA) is 74.4 Å². The number of carbonyl (C=O) groups excluding carboxylic acids is 1. The van der Waals surface area contributed by atoms with Gasteiger partial charge in [-0.15, -0.1) is 0 Å². The van der Waals surface area contributed by atoms with E-state index in [0.29, 0.717) is 6.54 Å². The largest absolute Gasteiger partial charge is 0.455 e. The molecule has 6 heteroatoms. The number of hydrogen-bond acceptors (Lipinski definition) is 4. The molecular formula is C11H16N2O4. The van der Waals surface area contributed by atoms with Gasteiger partial charge in [-0.1, -0.05) is 0 Å². The highest BCUT2D eigenvalue weighted by Gasteiger charge is 2.23. The standard InChI is InChI=1S/C11H16N2O4/c1-5-12-7-8(13(15)16)6-9(12)10(14)17-11(2,3)4/h6-7H,5H2,1-4H3. The zero-order chi connectivity index (χ0) is 13.2. The second-order valence-corrected chi connectivity index (χ2v) is 4.63. The van der Waals surface area contributed by atoms with Gasteiger partial charge in [-0.2, -0.15) is 0 Å². The van der Waals surface area contributed by atoms with E-state index < -0.39 is 16.5 Å². The molecule has 0 amide bonds. The predicted octanol–water partition coefficient (Wildman–Crippen LogP) is 2.37. The van der Waals surface area contributed by atoms with Crippen LogP contribution in [0.15, 0.2) is 12.3 Å². The minimum atomic E-state index is -0.616. The van der Waals surface area contributed by atoms with Crippen molar-refractivity contribution in [2.75, 3.05) is 0 Å². The van der Waals surface area contributed by atoms with Crippen LogP contribution in [0.4, 0.5) is 5.69 Å². The van der Waals surface area contributed by atoms with E-state index >= 15 is 0 Å². The molecule has 0 saturated heterocycles. The van der Waals surface area contributed by atoms with Gasteiger partial charge in [0.1, 0.15) is 11.3 Å². The van der Waals surface area contributed by atoms with E-state index in [-0.39, 0.29) is 11.4 Å². The molecule has 0 radical (unpaired) electrons. The number of ether oxygens (including phenoxy) is 1. The van der Waals surface area contributed by atoms with Gasteiger partial charge in [0.15, 0.2) is 0 Å². The normalized spacial score (nSPS) is 11.3. The third-order valence-corrected chi connectivity index (χ3v) is 2.04. The maximum atomic E-state index is 11.8. The van der Waals surface area contributed by atoms with Gasteiger partial charge in [0.05, 0.1) is 11.1 Å². The number of aryl methyl sites for hydroxylation is 1. The Morgan fingerprint density at radius 2 is 2.12 bits per heavy atom. The summed E-state index contributed by atoms with van der Waals surface area (Å²) in [6, 6.07) is 1.23. The molecule has 1 heterocycles. The molecule has 0 aliphatic carbocycles. The van der Waals surface area contributed by atoms with Crippen molar-refractivity contribution in [2.24, 2.45) is 0 Å². The van der Waals surface area contributed by atoms with E-state index in [9.17, 15) is 14.9 Å². The summed E-state index contributed by atoms with van der Waals surface area (Å²) in [5.41, 5.74) is -0.517. The molecule has 1 aromatic rings. The maximum absolute atomic E-state index is 11.8. The number of nitrogens with zero attached hydrogens (tertiary/aromatic N) is 2. The summed E-state index contributed by atoms with van der Waals surface area (Å²) < 4.78 is 6.68. The predicted molar refractivity (Wildman–Crippen MR) is 61.9 cm³/mol. The van der Waals surface area contributed by atoms with Gasteiger partial charge in [0.2, 0.25) is 0 Å². The van der Waals surface area contributed by atoms with Gasteiger partial charge in [0.25, 0.3) is 5.69 Å². The first-order valence-corrected chi connectivity index (χ1v) is 5.32. The number of rotatable bonds is 3. The van der Waals surface area contributed by atoms with Crippen LogP contribution in [0.3, 0.4) is 0 Å². The molecule has 0 aliphatic heterocycles. The fourth-order valence-corrected chi connectivity index (χ4v) is 1.36. The molecule has 0 bridgehead atoms. The molecule has 0 N–H and O–H groups in total. The summed E-state index contributed by atoms with van der Waals surface area (Å²) in [6.45, 7) is 7.52. The van der Waals surface area contributed by atoms with Crippen LogP contribution in [-0.2, 0) is 11.3 Å². The molecule has 0 atom stereocenters. The highest BCUT2D eigenvalue weighted by Crippen LogP contribution is 2.19. The van der Waals surface area contributed by atoms with Crippen LogP contribution in [0.5, 0.6) is 0 Å². The van der Waals surface area contributed by atoms with E-state index in [1.54, 1.807) is 27.7 Å². The Morgan fingerprint density at radius 1 is 1.53 bits per heavy atom. The fraction of sp³-hybridized carbons (Fsp3) is 0.545. The van der Waals surface area contributed by atoms with Crippen molar-refractivity contribution in [1.29, 1.82) is 0 Å². The average Bonchev–Trinajstić information content (AvgIpc) is 2.58. The second kappa shape index (κ2) is 4.57. The molecule has 0 aromatic carbocycles. The van der Waals surface area contributed by atoms with Crippen molar-refractivity contribution >= 4 is 11.7 Å². The number of esters is 1. The van der Waals surface area contributed by atoms with Gasteiger partial charge in [-0.25, -0.2) is 4.79 Å². The summed E-state index contributed by atoms with van der Waals surface area (Å²) >= 11 is 0. The second-order valence-electron chi connectivity index (χ2n) is 4.63. The lowest BCUT2D eigenvalue weighted by Gasteiger charge is -2.19. The SMILES string of the molecule is CCn1cc([N+](=O)[O-])cc1C(=O)OC(C)(C)C. The minimum absolute atomic E-state index is 0.104. The lowest BCUT2D eigenvalue weighted by molar-refractivity contribution is -0.384. The zero-order valence-corrected chi connectivity index (χ0v) is 10.4. The van der Waals surface area contributed by atoms with Crippen LogP contribution >= 0.6 is 0 Å². The van der Waals surface area contributed by atoms with Crippen molar-refractivity contribution in [1.82, 2.24) is 4.57 Å². The highest BCUT2D eigenvalue weighted by molar-refractivity contribution is 5.89. The van der Waals surface area contributed by atoms with Crippen LogP contribution in [0.1, 0.15) is 38.2 Å². The van der Waals surface area contributed by atoms with Crippen LogP contribution in [0.2, 0.25) is 0 Å². The van der Waals surface area contributed by atoms with E-state index in [0.717, 1.165) is 0 Å². The highest BCUT2D eigenvalue weighted by atomic mass is 16.6. The van der Waals surface area contributed by atoms with Gasteiger partial charge in [0, 0.05) is 12.6 Å². The van der Waals surface area contributed by atoms with Gasteiger partial charge >= 0.3 is 5.97 Å². The van der Waals surface area contributed by atoms with Crippen LogP contribution in [-0.4, -0.2) is 21.1 Å². The van der Waals surface area contributed by atoms with Crippen molar-refractivity contribution in [2.45, 2.75) is 39.8 Å². The van der Waals surface area contributed by atoms with Crippen LogP contribution in [0, 0.1) is 10.1 Å². The Morgan fingerprint density at radius 3 is 2.53 bits per heavy atom. The smallest absolute Gasteiger partial charge is 0.355 e. The van der Waals surface area contributed by atoms with E-state index in [4.69, 9.17) is 4.74 Å². The maximum Gasteiger partial charge on any atom is 0.355 e. The molecule has 94 valence electrons. The van der Waals surface area contributed by atoms with Crippen LogP contribution < -0.4 is 0 Å². The van der Waals surface area contributed by atoms with Crippen molar-refractivity contribution in [3.63, 3.8) is 0 Å². The van der Waals surface area contributed by atoms with Gasteiger partial charge in [-0.05, 0) is 27.7 Å². The molecule has 1 rings (SSSR count). The summed E-state index contributed by atoms with van der Waals surface area (Å²) in [6.07, 6.45) is 1.33. The molecular weight excluding hydrogens is 224 g/mol. The summed E-state index contributed by atoms with van der Waals surface area (Å²) in [5, 5.41) is 10.6. The number of nitro groups is 1. The summed E-state index contributed by atoms with van der Waals surface area (Å²) in [7, 11) is 0. The quantitative estimate of drug-likeness (QED) is 0.462. The third kappa shape index (κ3) is 3.30. The lowest BCUT2D eigenvalue weighted by Crippen LogP contribution is -2.25. The average molecular weight is 240 g/mol. The minimum Gasteiger partial charge on any atom is -0.455 e. The molecule has 17 heavy (non-hydrogen) atoms. The Kier molecular flexibility index (Phi) is 3.55. The number of aromatic nitrogens is 1. The monoisotopic (exact) mass is 240 g/mol. The van der Waals surface area contributed by atoms with Crippen LogP contribution in [0.25, 0.3) is 0 Å². The molecule has 0 aliphatic rings. The summed E-state index contributed by atoms with van der Waals surface area (Å²) in [4.78, 5) is 21.9. The molecule has 0 saturated carbocycles. The van der Waals surface area contributed by atoms with Crippen molar-refractivity contribution in [3.8, 4) is 0 Å². The Labute approximate surface area is 99.3 Å². The first kappa shape index (κ1) is 13.2. The fourth-order valence-electron chi connectivity index (χ4n) is 1.36. The third-order valence-electron chi connectivity index (χ3n) is 2.04. The first-order valence-electron chi connectivity index (χ1n) is 5.32. The van der Waals surface area contributed by atoms with E-state index in [1.807, 2.05) is 0 Å². The Bertz CT molecular complexity index is 443. The van der Waals surface area contributed by atoms with Crippen molar-refractivity contribution in [3.05, 3.63) is 28.1 Å². The van der Waals surface area contributed by atoms with E-state index in [2.05, 4.69) is 0 Å². The van der Waals surface area contributed by atoms with Gasteiger partial charge < -0.3 is 9.30 Å². The molecule has 0 spiro atoms. The van der Waals surface area contributed by atoms with E-state index in [1.165, 1.54) is 16.8 Å². The molecule has 0 unspecified atom stereocenters. The Balaban J connectivity index is 3.04. The number of hydrogen-bond donors (Lipinski definition) is 0. The molecule has 0 fully saturated rings. The summed E-state index contributed by atoms with van der Waals surface area (Å²) in [5.74, 6) is -0.549. The first-order chi connectivity index (χ1) is 7.74. The molecule has 1 aromatic heterocycles. The Hall–Kier alpha value is -1.85. The lowest BCUT2D eigenvalue weighted by atomic mass is 10.2.